The van der Waals surface area contributed by atoms with E-state index >= 15 is 0 Å². The summed E-state index contributed by atoms with van der Waals surface area (Å²) in [5.41, 5.74) is 2.52. The van der Waals surface area contributed by atoms with E-state index in [9.17, 15) is 25.0 Å². The van der Waals surface area contributed by atoms with Gasteiger partial charge >= 0.3 is 0 Å². The quantitative estimate of drug-likeness (QED) is 0.219. The van der Waals surface area contributed by atoms with Crippen LogP contribution in [0.4, 0.5) is 11.4 Å². The lowest BCUT2D eigenvalue weighted by atomic mass is 10.1. The van der Waals surface area contributed by atoms with Crippen molar-refractivity contribution in [3.63, 3.8) is 0 Å². The van der Waals surface area contributed by atoms with Crippen LogP contribution in [0.1, 0.15) is 16.7 Å². The molecule has 8 nitrogen and oxygen atoms in total. The van der Waals surface area contributed by atoms with Crippen molar-refractivity contribution in [1.29, 1.82) is 5.26 Å². The van der Waals surface area contributed by atoms with Gasteiger partial charge in [0.05, 0.1) is 10.2 Å². The molecule has 1 fully saturated rings. The smallest absolute Gasteiger partial charge is 0.272 e. The van der Waals surface area contributed by atoms with Crippen LogP contribution in [0.15, 0.2) is 89.5 Å². The summed E-state index contributed by atoms with van der Waals surface area (Å²) in [5, 5.41) is 23.6. The van der Waals surface area contributed by atoms with Crippen LogP contribution in [0.2, 0.25) is 0 Å². The van der Waals surface area contributed by atoms with Gasteiger partial charge in [0.15, 0.2) is 0 Å². The zero-order valence-corrected chi connectivity index (χ0v) is 20.2. The summed E-state index contributed by atoms with van der Waals surface area (Å²) in [6.07, 6.45) is 0.0802. The zero-order chi connectivity index (χ0) is 25.7. The molecule has 1 aliphatic rings. The maximum absolute atomic E-state index is 13.6. The van der Waals surface area contributed by atoms with E-state index in [0.717, 1.165) is 22.9 Å². The van der Waals surface area contributed by atoms with Gasteiger partial charge in [0.25, 0.3) is 11.6 Å². The molecule has 1 N–H and O–H groups in total. The van der Waals surface area contributed by atoms with Gasteiger partial charge in [-0.25, -0.2) is 0 Å². The molecule has 1 aliphatic heterocycles. The first kappa shape index (κ1) is 24.7. The van der Waals surface area contributed by atoms with Crippen LogP contribution < -0.4 is 10.2 Å². The third-order valence-corrected chi connectivity index (χ3v) is 6.95. The van der Waals surface area contributed by atoms with E-state index in [1.54, 1.807) is 30.3 Å². The summed E-state index contributed by atoms with van der Waals surface area (Å²) in [6, 6.07) is 24.7. The molecule has 0 aromatic heterocycles. The van der Waals surface area contributed by atoms with Crippen molar-refractivity contribution in [1.82, 2.24) is 5.32 Å². The van der Waals surface area contributed by atoms with E-state index in [-0.39, 0.29) is 35.2 Å². The van der Waals surface area contributed by atoms with Crippen molar-refractivity contribution in [3.8, 4) is 6.07 Å². The lowest BCUT2D eigenvalue weighted by molar-refractivity contribution is -0.385. The monoisotopic (exact) mass is 498 g/mol. The Morgan fingerprint density at radius 2 is 1.75 bits per heavy atom. The molecule has 0 radical (unpaired) electrons. The van der Waals surface area contributed by atoms with E-state index in [4.69, 9.17) is 0 Å². The van der Waals surface area contributed by atoms with E-state index in [1.807, 2.05) is 55.5 Å². The number of benzene rings is 3. The van der Waals surface area contributed by atoms with Crippen molar-refractivity contribution >= 4 is 35.0 Å². The number of nitrogens with zero attached hydrogens (tertiary/aromatic N) is 3. The number of amides is 2. The lowest BCUT2D eigenvalue weighted by Crippen LogP contribution is -2.32. The number of nitro benzene ring substituents is 1. The van der Waals surface area contributed by atoms with Crippen molar-refractivity contribution in [3.05, 3.63) is 116 Å². The Kier molecular flexibility index (Phi) is 7.47. The van der Waals surface area contributed by atoms with Gasteiger partial charge in [0.1, 0.15) is 16.7 Å². The predicted octanol–water partition coefficient (Wildman–Crippen LogP) is 4.65. The number of nitriles is 1. The molecule has 1 heterocycles. The lowest BCUT2D eigenvalue weighted by Gasteiger charge is -2.19. The fourth-order valence-electron chi connectivity index (χ4n) is 3.84. The molecular weight excluding hydrogens is 476 g/mol. The Morgan fingerprint density at radius 3 is 2.42 bits per heavy atom. The molecule has 3 aromatic carbocycles. The Labute approximate surface area is 212 Å². The minimum absolute atomic E-state index is 0.0775. The van der Waals surface area contributed by atoms with Crippen LogP contribution in [-0.4, -0.2) is 22.0 Å². The second-order valence-corrected chi connectivity index (χ2v) is 9.36. The first-order chi connectivity index (χ1) is 17.4. The number of anilines is 1. The van der Waals surface area contributed by atoms with Crippen molar-refractivity contribution in [2.75, 3.05) is 4.90 Å². The maximum atomic E-state index is 13.6. The molecule has 1 atom stereocenters. The largest absolute Gasteiger partial charge is 0.347 e. The van der Waals surface area contributed by atoms with Crippen LogP contribution >= 0.6 is 11.8 Å². The van der Waals surface area contributed by atoms with Crippen LogP contribution in [0.5, 0.6) is 0 Å². The molecule has 0 bridgehead atoms. The van der Waals surface area contributed by atoms with E-state index < -0.39 is 16.1 Å². The summed E-state index contributed by atoms with van der Waals surface area (Å²) in [4.78, 5) is 39.0. The van der Waals surface area contributed by atoms with Gasteiger partial charge < -0.3 is 5.32 Å². The van der Waals surface area contributed by atoms with Crippen LogP contribution in [0, 0.1) is 28.4 Å². The molecule has 180 valence electrons. The number of nitrogens with one attached hydrogen (secondary N) is 1. The van der Waals surface area contributed by atoms with Gasteiger partial charge in [-0.3, -0.25) is 24.6 Å². The van der Waals surface area contributed by atoms with Crippen molar-refractivity contribution < 1.29 is 14.5 Å². The van der Waals surface area contributed by atoms with E-state index in [0.29, 0.717) is 11.3 Å². The third-order valence-electron chi connectivity index (χ3n) is 5.69. The van der Waals surface area contributed by atoms with Crippen molar-refractivity contribution in [2.24, 2.45) is 0 Å². The second-order valence-electron chi connectivity index (χ2n) is 8.17. The molecule has 0 saturated carbocycles. The molecule has 0 unspecified atom stereocenters. The van der Waals surface area contributed by atoms with E-state index in [2.05, 4.69) is 5.32 Å². The number of carbonyl (C=O) groups excluding carboxylic acids is 2. The zero-order valence-electron chi connectivity index (χ0n) is 19.4. The third kappa shape index (κ3) is 5.29. The highest BCUT2D eigenvalue weighted by Crippen LogP contribution is 2.42. The van der Waals surface area contributed by atoms with Gasteiger partial charge in [-0.1, -0.05) is 78.0 Å². The van der Waals surface area contributed by atoms with E-state index in [1.165, 1.54) is 11.0 Å². The van der Waals surface area contributed by atoms with Gasteiger partial charge in [-0.15, -0.1) is 0 Å². The second kappa shape index (κ2) is 10.9. The maximum Gasteiger partial charge on any atom is 0.272 e. The first-order valence-corrected chi connectivity index (χ1v) is 12.0. The van der Waals surface area contributed by atoms with Crippen LogP contribution in [-0.2, 0) is 22.6 Å². The molecular formula is C27H22N4O4S. The number of hydrogen-bond donors (Lipinski definition) is 1. The normalized spacial score (nSPS) is 16.4. The van der Waals surface area contributed by atoms with Crippen LogP contribution in [0.25, 0.3) is 0 Å². The molecule has 4 rings (SSSR count). The Bertz CT molecular complexity index is 1380. The summed E-state index contributed by atoms with van der Waals surface area (Å²) >= 11 is 1.07. The molecule has 0 spiro atoms. The molecule has 0 aliphatic carbocycles. The number of rotatable bonds is 7. The number of aryl methyl sites for hydroxylation is 1. The fourth-order valence-corrected chi connectivity index (χ4v) is 5.14. The standard InChI is InChI=1S/C27H22N4O4S/c1-18-11-13-21(14-12-18)30-26(33)24(15-20-9-5-6-10-23(20)31(34)35)36-27(30)22(16-28)25(32)29-17-19-7-3-2-4-8-19/h2-14,24H,15,17H2,1H3,(H,29,32)/b27-22-/t24-/m1/s1. The highest BCUT2D eigenvalue weighted by molar-refractivity contribution is 8.05. The number of carbonyl (C=O) groups is 2. The first-order valence-electron chi connectivity index (χ1n) is 11.1. The summed E-state index contributed by atoms with van der Waals surface area (Å²) in [6.45, 7) is 2.14. The molecule has 2 amide bonds. The number of nitro groups is 1. The predicted molar refractivity (Wildman–Crippen MR) is 138 cm³/mol. The highest BCUT2D eigenvalue weighted by atomic mass is 32.2. The Balaban J connectivity index is 1.70. The molecule has 1 saturated heterocycles. The minimum atomic E-state index is -0.743. The average Bonchev–Trinajstić information content (AvgIpc) is 3.19. The number of thioether (sulfide) groups is 1. The topological polar surface area (TPSA) is 116 Å². The number of hydrogen-bond acceptors (Lipinski definition) is 6. The summed E-state index contributed by atoms with van der Waals surface area (Å²) in [5.74, 6) is -0.944. The molecule has 36 heavy (non-hydrogen) atoms. The average molecular weight is 499 g/mol. The van der Waals surface area contributed by atoms with Gasteiger partial charge in [0, 0.05) is 30.3 Å². The minimum Gasteiger partial charge on any atom is -0.347 e. The molecule has 3 aromatic rings. The number of para-hydroxylation sites is 1. The van der Waals surface area contributed by atoms with Crippen molar-refractivity contribution in [2.45, 2.75) is 25.1 Å². The van der Waals surface area contributed by atoms with Crippen LogP contribution in [0.3, 0.4) is 0 Å². The Hall–Kier alpha value is -4.42. The fraction of sp³-hybridized carbons (Fsp3) is 0.148. The van der Waals surface area contributed by atoms with Gasteiger partial charge in [0.2, 0.25) is 5.91 Å². The van der Waals surface area contributed by atoms with Gasteiger partial charge in [-0.05, 0) is 24.6 Å². The highest BCUT2D eigenvalue weighted by Gasteiger charge is 2.41. The summed E-state index contributed by atoms with van der Waals surface area (Å²) < 4.78 is 0. The Morgan fingerprint density at radius 1 is 1.08 bits per heavy atom. The SMILES string of the molecule is Cc1ccc(N2C(=O)[C@@H](Cc3ccccc3[N+](=O)[O-])S/C2=C(/C#N)C(=O)NCc2ccccc2)cc1. The van der Waals surface area contributed by atoms with Gasteiger partial charge in [-0.2, -0.15) is 5.26 Å². The molecule has 9 heteroatoms. The summed E-state index contributed by atoms with van der Waals surface area (Å²) in [7, 11) is 0.